The molecule has 138 valence electrons. The summed E-state index contributed by atoms with van der Waals surface area (Å²) in [4.78, 5) is 20.9. The maximum absolute atomic E-state index is 12.8. The fourth-order valence-electron chi connectivity index (χ4n) is 2.95. The third kappa shape index (κ3) is 4.13. The van der Waals surface area contributed by atoms with Crippen molar-refractivity contribution in [2.75, 3.05) is 26.3 Å². The second-order valence-electron chi connectivity index (χ2n) is 5.79. The van der Waals surface area contributed by atoms with Gasteiger partial charge in [0, 0.05) is 32.3 Å². The van der Waals surface area contributed by atoms with Crippen molar-refractivity contribution in [3.8, 4) is 0 Å². The molecule has 3 rings (SSSR count). The van der Waals surface area contributed by atoms with Crippen molar-refractivity contribution in [3.05, 3.63) is 22.0 Å². The Hall–Kier alpha value is -1.65. The smallest absolute Gasteiger partial charge is 0.381 e. The molecule has 2 aromatic heterocycles. The van der Waals surface area contributed by atoms with E-state index in [0.717, 1.165) is 0 Å². The van der Waals surface area contributed by atoms with Gasteiger partial charge in [0.05, 0.1) is 12.7 Å². The number of alkyl halides is 3. The first-order valence-corrected chi connectivity index (χ1v) is 8.23. The minimum atomic E-state index is -4.29. The molecule has 25 heavy (non-hydrogen) atoms. The van der Waals surface area contributed by atoms with Crippen molar-refractivity contribution in [3.63, 3.8) is 0 Å². The van der Waals surface area contributed by atoms with Gasteiger partial charge in [-0.05, 0) is 24.4 Å². The van der Waals surface area contributed by atoms with Crippen LogP contribution in [0.15, 0.2) is 11.0 Å². The standard InChI is InChI=1S/C14H17ClF3N5O2/c15-12-20-7-10-11(21-12)23(9-1-5-25-6-2-9)13(24)22(10)4-3-19-8-14(16,17)18/h7,9,19H,1-6,8H2. The fraction of sp³-hybridized carbons (Fsp3) is 0.643. The lowest BCUT2D eigenvalue weighted by atomic mass is 10.1. The average Bonchev–Trinajstić information content (AvgIpc) is 2.82. The third-order valence-electron chi connectivity index (χ3n) is 4.07. The average molecular weight is 380 g/mol. The Kier molecular flexibility index (Phi) is 5.30. The first-order valence-electron chi connectivity index (χ1n) is 7.85. The molecule has 1 saturated heterocycles. The summed E-state index contributed by atoms with van der Waals surface area (Å²) < 4.78 is 44.9. The zero-order valence-electron chi connectivity index (χ0n) is 13.2. The van der Waals surface area contributed by atoms with Crippen molar-refractivity contribution in [1.82, 2.24) is 24.4 Å². The molecule has 0 spiro atoms. The van der Waals surface area contributed by atoms with Gasteiger partial charge in [-0.15, -0.1) is 0 Å². The van der Waals surface area contributed by atoms with E-state index >= 15 is 0 Å². The second-order valence-corrected chi connectivity index (χ2v) is 6.13. The summed E-state index contributed by atoms with van der Waals surface area (Å²) in [6.45, 7) is 0.0374. The minimum Gasteiger partial charge on any atom is -0.381 e. The first-order chi connectivity index (χ1) is 11.9. The predicted molar refractivity (Wildman–Crippen MR) is 84.8 cm³/mol. The Balaban J connectivity index is 1.90. The SMILES string of the molecule is O=c1n(CCNCC(F)(F)F)c2cnc(Cl)nc2n1C1CCOCC1. The molecule has 11 heteroatoms. The van der Waals surface area contributed by atoms with Crippen LogP contribution in [-0.2, 0) is 11.3 Å². The van der Waals surface area contributed by atoms with Crippen LogP contribution in [-0.4, -0.2) is 51.6 Å². The van der Waals surface area contributed by atoms with Crippen molar-refractivity contribution in [2.24, 2.45) is 0 Å². The van der Waals surface area contributed by atoms with Crippen LogP contribution in [0.1, 0.15) is 18.9 Å². The number of halogens is 4. The van der Waals surface area contributed by atoms with Gasteiger partial charge in [0.15, 0.2) is 5.65 Å². The van der Waals surface area contributed by atoms with Crippen LogP contribution in [0.3, 0.4) is 0 Å². The van der Waals surface area contributed by atoms with E-state index in [1.165, 1.54) is 10.8 Å². The lowest BCUT2D eigenvalue weighted by molar-refractivity contribution is -0.124. The number of rotatable bonds is 5. The van der Waals surface area contributed by atoms with Gasteiger partial charge in [-0.1, -0.05) is 0 Å². The number of aromatic nitrogens is 4. The zero-order valence-corrected chi connectivity index (χ0v) is 14.0. The summed E-state index contributed by atoms with van der Waals surface area (Å²) >= 11 is 5.86. The number of hydrogen-bond acceptors (Lipinski definition) is 5. The van der Waals surface area contributed by atoms with Crippen LogP contribution in [0.2, 0.25) is 5.28 Å². The highest BCUT2D eigenvalue weighted by atomic mass is 35.5. The fourth-order valence-corrected chi connectivity index (χ4v) is 3.08. The van der Waals surface area contributed by atoms with E-state index in [2.05, 4.69) is 15.3 Å². The van der Waals surface area contributed by atoms with Crippen LogP contribution in [0.4, 0.5) is 13.2 Å². The quantitative estimate of drug-likeness (QED) is 0.633. The summed E-state index contributed by atoms with van der Waals surface area (Å²) in [6.07, 6.45) is -1.55. The van der Waals surface area contributed by atoms with Gasteiger partial charge in [0.25, 0.3) is 0 Å². The van der Waals surface area contributed by atoms with Crippen molar-refractivity contribution < 1.29 is 17.9 Å². The van der Waals surface area contributed by atoms with Gasteiger partial charge in [-0.2, -0.15) is 18.2 Å². The summed E-state index contributed by atoms with van der Waals surface area (Å²) in [6, 6.07) is -0.0842. The van der Waals surface area contributed by atoms with Crippen LogP contribution in [0.25, 0.3) is 11.2 Å². The lowest BCUT2D eigenvalue weighted by Crippen LogP contribution is -2.35. The molecular formula is C14H17ClF3N5O2. The van der Waals surface area contributed by atoms with E-state index in [1.807, 2.05) is 0 Å². The Morgan fingerprint density at radius 1 is 1.36 bits per heavy atom. The summed E-state index contributed by atoms with van der Waals surface area (Å²) in [7, 11) is 0. The predicted octanol–water partition coefficient (Wildman–Crippen LogP) is 1.75. The number of nitrogens with zero attached hydrogens (tertiary/aromatic N) is 4. The number of nitrogens with one attached hydrogen (secondary N) is 1. The van der Waals surface area contributed by atoms with E-state index in [9.17, 15) is 18.0 Å². The maximum atomic E-state index is 12.8. The summed E-state index contributed by atoms with van der Waals surface area (Å²) in [5.41, 5.74) is 0.523. The minimum absolute atomic E-state index is 0.00503. The van der Waals surface area contributed by atoms with Crippen molar-refractivity contribution in [2.45, 2.75) is 31.6 Å². The lowest BCUT2D eigenvalue weighted by Gasteiger charge is -2.22. The van der Waals surface area contributed by atoms with Gasteiger partial charge in [-0.25, -0.2) is 9.78 Å². The van der Waals surface area contributed by atoms with Crippen LogP contribution in [0, 0.1) is 0 Å². The van der Waals surface area contributed by atoms with E-state index in [0.29, 0.717) is 37.2 Å². The summed E-state index contributed by atoms with van der Waals surface area (Å²) in [5, 5.41) is 2.30. The van der Waals surface area contributed by atoms with Crippen LogP contribution >= 0.6 is 11.6 Å². The van der Waals surface area contributed by atoms with Crippen molar-refractivity contribution >= 4 is 22.8 Å². The van der Waals surface area contributed by atoms with E-state index < -0.39 is 12.7 Å². The zero-order chi connectivity index (χ0) is 18.0. The molecule has 0 unspecified atom stereocenters. The Labute approximate surface area is 145 Å². The van der Waals surface area contributed by atoms with Crippen molar-refractivity contribution in [1.29, 1.82) is 0 Å². The van der Waals surface area contributed by atoms with E-state index in [4.69, 9.17) is 16.3 Å². The second kappa shape index (κ2) is 7.30. The molecule has 0 bridgehead atoms. The molecule has 0 aliphatic carbocycles. The highest BCUT2D eigenvalue weighted by molar-refractivity contribution is 6.28. The normalized spacial score (nSPS) is 16.6. The molecule has 0 radical (unpaired) electrons. The first kappa shape index (κ1) is 18.2. The van der Waals surface area contributed by atoms with Gasteiger partial charge < -0.3 is 10.1 Å². The molecule has 7 nitrogen and oxygen atoms in total. The molecular weight excluding hydrogens is 363 g/mol. The van der Waals surface area contributed by atoms with Gasteiger partial charge in [0.2, 0.25) is 5.28 Å². The molecule has 1 fully saturated rings. The van der Waals surface area contributed by atoms with Crippen LogP contribution in [0.5, 0.6) is 0 Å². The molecule has 1 aliphatic heterocycles. The third-order valence-corrected chi connectivity index (χ3v) is 4.25. The molecule has 0 amide bonds. The highest BCUT2D eigenvalue weighted by Crippen LogP contribution is 2.24. The number of fused-ring (bicyclic) bond motifs is 1. The molecule has 0 atom stereocenters. The van der Waals surface area contributed by atoms with E-state index in [-0.39, 0.29) is 30.1 Å². The Bertz CT molecular complexity index is 798. The Morgan fingerprint density at radius 3 is 2.76 bits per heavy atom. The number of imidazole rings is 1. The molecule has 0 saturated carbocycles. The van der Waals surface area contributed by atoms with Gasteiger partial charge in [-0.3, -0.25) is 9.13 Å². The topological polar surface area (TPSA) is 74.0 Å². The monoisotopic (exact) mass is 379 g/mol. The Morgan fingerprint density at radius 2 is 2.08 bits per heavy atom. The van der Waals surface area contributed by atoms with E-state index in [1.54, 1.807) is 4.57 Å². The highest BCUT2D eigenvalue weighted by Gasteiger charge is 2.27. The number of ether oxygens (including phenoxy) is 1. The molecule has 3 heterocycles. The molecule has 1 aliphatic rings. The molecule has 0 aromatic carbocycles. The molecule has 1 N–H and O–H groups in total. The van der Waals surface area contributed by atoms with Crippen LogP contribution < -0.4 is 11.0 Å². The maximum Gasteiger partial charge on any atom is 0.401 e. The summed E-state index contributed by atoms with van der Waals surface area (Å²) in [5.74, 6) is 0. The largest absolute Gasteiger partial charge is 0.401 e. The molecule has 2 aromatic rings. The van der Waals surface area contributed by atoms with Gasteiger partial charge in [0.1, 0.15) is 5.52 Å². The van der Waals surface area contributed by atoms with Gasteiger partial charge >= 0.3 is 11.9 Å². The number of hydrogen-bond donors (Lipinski definition) is 1.